The van der Waals surface area contributed by atoms with E-state index in [1.54, 1.807) is 9.80 Å². The molecule has 0 unspecified atom stereocenters. The van der Waals surface area contributed by atoms with Gasteiger partial charge in [0.05, 0.1) is 54.7 Å². The summed E-state index contributed by atoms with van der Waals surface area (Å²) in [5, 5.41) is 17.9. The molecule has 3 aliphatic rings. The first-order valence-electron chi connectivity index (χ1n) is 15.1. The van der Waals surface area contributed by atoms with E-state index in [1.807, 2.05) is 12.3 Å². The number of halogens is 2. The summed E-state index contributed by atoms with van der Waals surface area (Å²) in [5.41, 5.74) is 5.06. The number of alkyl halides is 2. The van der Waals surface area contributed by atoms with Crippen molar-refractivity contribution in [2.75, 3.05) is 55.7 Å². The van der Waals surface area contributed by atoms with E-state index in [2.05, 4.69) is 45.6 Å². The molecule has 11 nitrogen and oxygen atoms in total. The smallest absolute Gasteiger partial charge is 0.318 e. The maximum Gasteiger partial charge on any atom is 0.318 e. The minimum atomic E-state index is -2.40. The van der Waals surface area contributed by atoms with E-state index in [-0.39, 0.29) is 43.6 Å². The molecule has 2 fully saturated rings. The second kappa shape index (κ2) is 12.7. The molecule has 3 aliphatic heterocycles. The van der Waals surface area contributed by atoms with Gasteiger partial charge in [0.2, 0.25) is 5.91 Å². The van der Waals surface area contributed by atoms with Crippen LogP contribution >= 0.6 is 0 Å². The largest absolute Gasteiger partial charge is 0.462 e. The number of carbonyl (C=O) groups excluding carboxylic acids is 1. The van der Waals surface area contributed by atoms with Gasteiger partial charge in [-0.2, -0.15) is 20.3 Å². The molecule has 0 radical (unpaired) electrons. The van der Waals surface area contributed by atoms with Gasteiger partial charge in [-0.05, 0) is 50.4 Å². The van der Waals surface area contributed by atoms with Gasteiger partial charge in [-0.15, -0.1) is 0 Å². The number of nitrogens with zero attached hydrogens (tertiary/aromatic N) is 8. The molecule has 1 aromatic carbocycles. The van der Waals surface area contributed by atoms with Crippen LogP contribution in [0, 0.1) is 18.3 Å². The summed E-state index contributed by atoms with van der Waals surface area (Å²) in [6.45, 7) is 8.97. The van der Waals surface area contributed by atoms with Crippen molar-refractivity contribution in [1.29, 1.82) is 5.26 Å². The number of H-pyrrole nitrogens is 1. The molecule has 13 heteroatoms. The molecule has 2 atom stereocenters. The molecule has 2 aromatic heterocycles. The molecule has 0 saturated carbocycles. The summed E-state index contributed by atoms with van der Waals surface area (Å²) in [7, 11) is 0. The number of aryl methyl sites for hydroxylation is 1. The van der Waals surface area contributed by atoms with Crippen molar-refractivity contribution in [3.63, 3.8) is 0 Å². The van der Waals surface area contributed by atoms with Crippen molar-refractivity contribution in [2.45, 2.75) is 57.7 Å². The van der Waals surface area contributed by atoms with Gasteiger partial charge >= 0.3 is 6.01 Å². The Morgan fingerprint density at radius 1 is 1.23 bits per heavy atom. The van der Waals surface area contributed by atoms with Crippen molar-refractivity contribution in [2.24, 2.45) is 0 Å². The summed E-state index contributed by atoms with van der Waals surface area (Å²) in [5.74, 6) is 0.551. The van der Waals surface area contributed by atoms with E-state index < -0.39 is 6.43 Å². The van der Waals surface area contributed by atoms with Crippen molar-refractivity contribution in [3.05, 3.63) is 47.8 Å². The van der Waals surface area contributed by atoms with Gasteiger partial charge in [-0.1, -0.05) is 12.6 Å². The monoisotopic (exact) mass is 605 g/mol. The van der Waals surface area contributed by atoms with Crippen LogP contribution in [-0.4, -0.2) is 100 Å². The number of hydrogen-bond donors (Lipinski definition) is 1. The van der Waals surface area contributed by atoms with Crippen molar-refractivity contribution in [3.8, 4) is 12.1 Å². The first-order chi connectivity index (χ1) is 21.4. The Bertz CT molecular complexity index is 1570. The number of nitriles is 1. The number of benzene rings is 1. The number of carbonyl (C=O) groups is 1. The lowest BCUT2D eigenvalue weighted by molar-refractivity contribution is -0.128. The van der Waals surface area contributed by atoms with Crippen LogP contribution < -0.4 is 14.5 Å². The lowest BCUT2D eigenvalue weighted by Gasteiger charge is -2.42. The molecule has 1 N–H and O–H groups in total. The molecule has 0 bridgehead atoms. The summed E-state index contributed by atoms with van der Waals surface area (Å²) >= 11 is 0. The molecule has 232 valence electrons. The molecule has 0 spiro atoms. The summed E-state index contributed by atoms with van der Waals surface area (Å²) in [4.78, 5) is 30.2. The van der Waals surface area contributed by atoms with Crippen molar-refractivity contribution < 1.29 is 18.3 Å². The molecule has 0 aliphatic carbocycles. The van der Waals surface area contributed by atoms with E-state index in [4.69, 9.17) is 14.7 Å². The maximum atomic E-state index is 13.2. The summed E-state index contributed by atoms with van der Waals surface area (Å²) < 4.78 is 32.5. The summed E-state index contributed by atoms with van der Waals surface area (Å²) in [6.07, 6.45) is 3.24. The topological polar surface area (TPSA) is 118 Å². The second-order valence-corrected chi connectivity index (χ2v) is 11.7. The molecule has 5 heterocycles. The number of likely N-dealkylation sites (tertiary alicyclic amines) is 1. The zero-order valence-electron chi connectivity index (χ0n) is 24.9. The number of aromatic nitrogens is 4. The highest BCUT2D eigenvalue weighted by molar-refractivity contribution is 5.93. The van der Waals surface area contributed by atoms with E-state index in [1.165, 1.54) is 6.08 Å². The van der Waals surface area contributed by atoms with E-state index in [9.17, 15) is 18.8 Å². The first-order valence-corrected chi connectivity index (χ1v) is 15.1. The van der Waals surface area contributed by atoms with Crippen molar-refractivity contribution in [1.82, 2.24) is 30.0 Å². The fraction of sp³-hybridized carbons (Fsp3) is 0.516. The van der Waals surface area contributed by atoms with Gasteiger partial charge in [-0.3, -0.25) is 14.8 Å². The Labute approximate surface area is 255 Å². The first kappa shape index (κ1) is 29.7. The molecule has 1 amide bonds. The number of nitrogens with one attached hydrogen (secondary N) is 1. The van der Waals surface area contributed by atoms with Gasteiger partial charge in [0.1, 0.15) is 12.4 Å². The number of rotatable bonds is 9. The Morgan fingerprint density at radius 3 is 2.89 bits per heavy atom. The number of hydrogen-bond acceptors (Lipinski definition) is 9. The number of fused-ring (bicyclic) bond motifs is 2. The SMILES string of the molecule is C=CC(=O)N1CCN(c2nc(OC[C@@H]3CCCN3CC(F)F)nc3c2CCN(c2c(C)ccc4[nH]ncc24)C3)C[C@@H]1CC#N. The average Bonchev–Trinajstić information content (AvgIpc) is 3.68. The van der Waals surface area contributed by atoms with Gasteiger partial charge in [0.15, 0.2) is 0 Å². The maximum absolute atomic E-state index is 13.2. The fourth-order valence-corrected chi connectivity index (χ4v) is 6.84. The standard InChI is InChI=1S/C31H37F2N9O2/c1-3-28(43)42-14-13-41(16-21(42)8-10-34)30-23-9-12-40(29-20(2)6-7-25-24(29)15-35-38-25)17-26(23)36-31(37-30)44-19-22-5-4-11-39(22)18-27(32)33/h3,6-7,15,21-22,27H,1,4-5,8-9,11-14,16-19H2,2H3,(H,35,38)/t21-,22-/m0/s1. The number of ether oxygens (including phenoxy) is 1. The Balaban J connectivity index is 1.32. The van der Waals surface area contributed by atoms with Crippen LogP contribution in [0.4, 0.5) is 20.3 Å². The third-order valence-electron chi connectivity index (χ3n) is 8.98. The highest BCUT2D eigenvalue weighted by atomic mass is 19.3. The predicted molar refractivity (Wildman–Crippen MR) is 162 cm³/mol. The molecular formula is C31H37F2N9O2. The van der Waals surface area contributed by atoms with Crippen molar-refractivity contribution >= 4 is 28.3 Å². The highest BCUT2D eigenvalue weighted by Crippen LogP contribution is 2.36. The van der Waals surface area contributed by atoms with Gasteiger partial charge in [-0.25, -0.2) is 8.78 Å². The lowest BCUT2D eigenvalue weighted by atomic mass is 10.0. The van der Waals surface area contributed by atoms with E-state index in [0.29, 0.717) is 39.1 Å². The van der Waals surface area contributed by atoms with Crippen LogP contribution in [0.2, 0.25) is 0 Å². The van der Waals surface area contributed by atoms with Gasteiger partial charge in [0, 0.05) is 43.2 Å². The van der Waals surface area contributed by atoms with Crippen LogP contribution in [0.25, 0.3) is 10.9 Å². The quantitative estimate of drug-likeness (QED) is 0.366. The minimum absolute atomic E-state index is 0.126. The lowest BCUT2D eigenvalue weighted by Crippen LogP contribution is -2.55. The molecular weight excluding hydrogens is 568 g/mol. The predicted octanol–water partition coefficient (Wildman–Crippen LogP) is 3.45. The van der Waals surface area contributed by atoms with Gasteiger partial charge < -0.3 is 19.4 Å². The Hall–Kier alpha value is -4.31. The zero-order chi connectivity index (χ0) is 30.8. The minimum Gasteiger partial charge on any atom is -0.462 e. The number of aromatic amines is 1. The van der Waals surface area contributed by atoms with E-state index in [0.717, 1.165) is 58.6 Å². The third kappa shape index (κ3) is 5.91. The summed E-state index contributed by atoms with van der Waals surface area (Å²) in [6, 6.07) is 6.10. The van der Waals surface area contributed by atoms with Gasteiger partial charge in [0.25, 0.3) is 6.43 Å². The molecule has 2 saturated heterocycles. The van der Waals surface area contributed by atoms with Crippen LogP contribution in [-0.2, 0) is 17.8 Å². The third-order valence-corrected chi connectivity index (χ3v) is 8.98. The number of amides is 1. The Kier molecular flexibility index (Phi) is 8.61. The van der Waals surface area contributed by atoms with Crippen LogP contribution in [0.3, 0.4) is 0 Å². The van der Waals surface area contributed by atoms with Crippen LogP contribution in [0.5, 0.6) is 6.01 Å². The normalized spacial score (nSPS) is 20.7. The molecule has 6 rings (SSSR count). The second-order valence-electron chi connectivity index (χ2n) is 11.7. The van der Waals surface area contributed by atoms with E-state index >= 15 is 0 Å². The highest BCUT2D eigenvalue weighted by Gasteiger charge is 2.34. The molecule has 44 heavy (non-hydrogen) atoms. The Morgan fingerprint density at radius 2 is 2.09 bits per heavy atom. The number of piperazine rings is 1. The average molecular weight is 606 g/mol. The zero-order valence-corrected chi connectivity index (χ0v) is 24.9. The van der Waals surface area contributed by atoms with Crippen LogP contribution in [0.1, 0.15) is 36.1 Å². The van der Waals surface area contributed by atoms with Crippen LogP contribution in [0.15, 0.2) is 31.0 Å². The molecule has 3 aromatic rings. The fourth-order valence-electron chi connectivity index (χ4n) is 6.84. The number of anilines is 2.